The highest BCUT2D eigenvalue weighted by molar-refractivity contribution is 5.71. The minimum absolute atomic E-state index is 0.551. The van der Waals surface area contributed by atoms with E-state index in [2.05, 4.69) is 9.98 Å². The second kappa shape index (κ2) is 3.38. The summed E-state index contributed by atoms with van der Waals surface area (Å²) in [6.07, 6.45) is 4.60. The minimum Gasteiger partial charge on any atom is -0.211 e. The molecule has 0 aromatic heterocycles. The van der Waals surface area contributed by atoms with Gasteiger partial charge in [0.15, 0.2) is 0 Å². The van der Waals surface area contributed by atoms with Crippen molar-refractivity contribution in [2.24, 2.45) is 9.98 Å². The van der Waals surface area contributed by atoms with Gasteiger partial charge in [-0.1, -0.05) is 6.07 Å². The molecule has 0 unspecified atom stereocenters. The molecule has 1 aromatic carbocycles. The number of isocyanates is 2. The average Bonchev–Trinajstić information content (AvgIpc) is 2.45. The largest absolute Gasteiger partial charge is 0.240 e. The maximum atomic E-state index is 10.2. The molecule has 1 aliphatic rings. The van der Waals surface area contributed by atoms with Crippen molar-refractivity contribution >= 4 is 23.5 Å². The highest BCUT2D eigenvalue weighted by Crippen LogP contribution is 2.39. The van der Waals surface area contributed by atoms with Crippen molar-refractivity contribution in [1.29, 1.82) is 0 Å². The van der Waals surface area contributed by atoms with Crippen LogP contribution in [-0.4, -0.2) is 12.2 Å². The van der Waals surface area contributed by atoms with E-state index in [0.29, 0.717) is 11.4 Å². The molecular weight excluding hydrogens is 180 g/mol. The lowest BCUT2D eigenvalue weighted by Gasteiger charge is -1.99. The molecular formula is C10H6N2O2. The van der Waals surface area contributed by atoms with E-state index >= 15 is 0 Å². The SMILES string of the molecule is O=C=Nc1ccc2c(N=C=O)c1CC2. The van der Waals surface area contributed by atoms with Gasteiger partial charge in [0.1, 0.15) is 0 Å². The minimum atomic E-state index is 0.551. The molecule has 0 aliphatic heterocycles. The fraction of sp³-hybridized carbons (Fsp3) is 0.200. The number of rotatable bonds is 2. The molecule has 0 N–H and O–H groups in total. The van der Waals surface area contributed by atoms with Gasteiger partial charge in [-0.3, -0.25) is 0 Å². The highest BCUT2D eigenvalue weighted by Gasteiger charge is 2.19. The van der Waals surface area contributed by atoms with Crippen molar-refractivity contribution in [3.05, 3.63) is 23.3 Å². The molecule has 1 aliphatic carbocycles. The number of aryl methyl sites for hydroxylation is 1. The first-order chi connectivity index (χ1) is 6.86. The summed E-state index contributed by atoms with van der Waals surface area (Å²) in [5.74, 6) is 0. The molecule has 0 amide bonds. The molecule has 0 saturated carbocycles. The van der Waals surface area contributed by atoms with Gasteiger partial charge in [0, 0.05) is 5.56 Å². The summed E-state index contributed by atoms with van der Waals surface area (Å²) >= 11 is 0. The quantitative estimate of drug-likeness (QED) is 0.521. The zero-order chi connectivity index (χ0) is 9.97. The van der Waals surface area contributed by atoms with Crippen LogP contribution in [0.1, 0.15) is 11.1 Å². The van der Waals surface area contributed by atoms with Crippen LogP contribution in [0.5, 0.6) is 0 Å². The Morgan fingerprint density at radius 2 is 1.86 bits per heavy atom. The van der Waals surface area contributed by atoms with E-state index in [9.17, 15) is 9.59 Å². The number of fused-ring (bicyclic) bond motifs is 2. The molecule has 2 rings (SSSR count). The number of carbonyl (C=O) groups excluding carboxylic acids is 2. The van der Waals surface area contributed by atoms with Gasteiger partial charge < -0.3 is 0 Å². The first kappa shape index (κ1) is 8.57. The molecule has 2 bridgehead atoms. The van der Waals surface area contributed by atoms with Gasteiger partial charge in [0.25, 0.3) is 0 Å². The summed E-state index contributed by atoms with van der Waals surface area (Å²) in [7, 11) is 0. The zero-order valence-electron chi connectivity index (χ0n) is 7.28. The van der Waals surface area contributed by atoms with E-state index in [-0.39, 0.29) is 0 Å². The zero-order valence-corrected chi connectivity index (χ0v) is 7.28. The molecule has 14 heavy (non-hydrogen) atoms. The number of hydrogen-bond donors (Lipinski definition) is 0. The second-order valence-corrected chi connectivity index (χ2v) is 2.98. The van der Waals surface area contributed by atoms with E-state index < -0.39 is 0 Å². The standard InChI is InChI=1S/C10H6N2O2/c13-5-11-9-4-2-7-1-3-8(9)10(7)12-6-14/h2,4H,1,3H2. The van der Waals surface area contributed by atoms with Gasteiger partial charge in [-0.25, -0.2) is 9.59 Å². The number of aliphatic imine (C=N–C) groups is 2. The molecule has 0 atom stereocenters. The number of benzene rings is 1. The Hall–Kier alpha value is -2.02. The number of nitrogens with zero attached hydrogens (tertiary/aromatic N) is 2. The lowest BCUT2D eigenvalue weighted by atomic mass is 10.1. The summed E-state index contributed by atoms with van der Waals surface area (Å²) < 4.78 is 0. The Kier molecular flexibility index (Phi) is 2.07. The number of hydrogen-bond acceptors (Lipinski definition) is 4. The molecule has 0 fully saturated rings. The molecule has 0 spiro atoms. The van der Waals surface area contributed by atoms with Crippen LogP contribution in [0, 0.1) is 0 Å². The van der Waals surface area contributed by atoms with Crippen LogP contribution in [0.4, 0.5) is 11.4 Å². The Balaban J connectivity index is 2.67. The van der Waals surface area contributed by atoms with E-state index in [1.807, 2.05) is 6.07 Å². The predicted octanol–water partition coefficient (Wildman–Crippen LogP) is 1.72. The third-order valence-corrected chi connectivity index (χ3v) is 2.31. The smallest absolute Gasteiger partial charge is 0.211 e. The summed E-state index contributed by atoms with van der Waals surface area (Å²) in [6.45, 7) is 0. The first-order valence-electron chi connectivity index (χ1n) is 4.17. The Bertz CT molecular complexity index is 481. The van der Waals surface area contributed by atoms with E-state index in [1.54, 1.807) is 6.07 Å². The fourth-order valence-electron chi connectivity index (χ4n) is 1.72. The van der Waals surface area contributed by atoms with Gasteiger partial charge in [-0.2, -0.15) is 9.98 Å². The summed E-state index contributed by atoms with van der Waals surface area (Å²) in [5.41, 5.74) is 3.02. The Labute approximate surface area is 80.0 Å². The van der Waals surface area contributed by atoms with Crippen molar-refractivity contribution in [3.63, 3.8) is 0 Å². The van der Waals surface area contributed by atoms with Crippen molar-refractivity contribution in [2.75, 3.05) is 0 Å². The Morgan fingerprint density at radius 1 is 1.07 bits per heavy atom. The van der Waals surface area contributed by atoms with Gasteiger partial charge in [0.05, 0.1) is 11.4 Å². The van der Waals surface area contributed by atoms with Crippen LogP contribution in [0.25, 0.3) is 0 Å². The van der Waals surface area contributed by atoms with Crippen molar-refractivity contribution in [1.82, 2.24) is 0 Å². The van der Waals surface area contributed by atoms with E-state index in [4.69, 9.17) is 0 Å². The molecule has 4 heteroatoms. The van der Waals surface area contributed by atoms with Crippen LogP contribution in [0.3, 0.4) is 0 Å². The molecule has 0 saturated heterocycles. The van der Waals surface area contributed by atoms with E-state index in [1.165, 1.54) is 12.2 Å². The lowest BCUT2D eigenvalue weighted by molar-refractivity contribution is 0.564. The van der Waals surface area contributed by atoms with Crippen LogP contribution in [0.2, 0.25) is 0 Å². The van der Waals surface area contributed by atoms with E-state index in [0.717, 1.165) is 24.0 Å². The Morgan fingerprint density at radius 3 is 2.57 bits per heavy atom. The van der Waals surface area contributed by atoms with Gasteiger partial charge in [-0.05, 0) is 24.5 Å². The van der Waals surface area contributed by atoms with Crippen molar-refractivity contribution in [3.8, 4) is 0 Å². The maximum absolute atomic E-state index is 10.2. The maximum Gasteiger partial charge on any atom is 0.240 e. The summed E-state index contributed by atoms with van der Waals surface area (Å²) in [6, 6.07) is 3.56. The van der Waals surface area contributed by atoms with Gasteiger partial charge in [0.2, 0.25) is 12.2 Å². The first-order valence-corrected chi connectivity index (χ1v) is 4.17. The van der Waals surface area contributed by atoms with Crippen LogP contribution >= 0.6 is 0 Å². The second-order valence-electron chi connectivity index (χ2n) is 2.98. The molecule has 1 aromatic rings. The molecule has 0 radical (unpaired) electrons. The topological polar surface area (TPSA) is 58.9 Å². The normalized spacial score (nSPS) is 11.7. The van der Waals surface area contributed by atoms with Crippen LogP contribution in [-0.2, 0) is 22.4 Å². The monoisotopic (exact) mass is 186 g/mol. The predicted molar refractivity (Wildman–Crippen MR) is 49.4 cm³/mol. The lowest BCUT2D eigenvalue weighted by Crippen LogP contribution is -1.76. The molecule has 4 nitrogen and oxygen atoms in total. The third kappa shape index (κ3) is 1.19. The summed E-state index contributed by atoms with van der Waals surface area (Å²) in [5, 5.41) is 0. The van der Waals surface area contributed by atoms with Crippen LogP contribution in [0.15, 0.2) is 22.1 Å². The average molecular weight is 186 g/mol. The molecule has 0 heterocycles. The summed E-state index contributed by atoms with van der Waals surface area (Å²) in [4.78, 5) is 27.5. The van der Waals surface area contributed by atoms with Gasteiger partial charge >= 0.3 is 0 Å². The fourth-order valence-corrected chi connectivity index (χ4v) is 1.72. The third-order valence-electron chi connectivity index (χ3n) is 2.31. The van der Waals surface area contributed by atoms with Crippen molar-refractivity contribution < 1.29 is 9.59 Å². The molecule has 68 valence electrons. The highest BCUT2D eigenvalue weighted by atomic mass is 16.1. The van der Waals surface area contributed by atoms with Crippen molar-refractivity contribution in [2.45, 2.75) is 12.8 Å². The van der Waals surface area contributed by atoms with Crippen LogP contribution < -0.4 is 0 Å². The van der Waals surface area contributed by atoms with Gasteiger partial charge in [-0.15, -0.1) is 0 Å².